The van der Waals surface area contributed by atoms with E-state index in [1.165, 1.54) is 29.8 Å². The SMILES string of the molecule is CN(CCCC(O)CSc1c(-c2cc(Cl)ccc2O)c2cc(C(F)(F)F)ccc2[nH]c1=O)CCc1ccccc1. The van der Waals surface area contributed by atoms with Crippen LogP contribution in [0, 0.1) is 0 Å². The first-order chi connectivity index (χ1) is 19.0. The number of aliphatic hydroxyl groups excluding tert-OH is 1. The maximum atomic E-state index is 13.6. The lowest BCUT2D eigenvalue weighted by molar-refractivity contribution is -0.137. The molecule has 0 spiro atoms. The van der Waals surface area contributed by atoms with E-state index in [4.69, 9.17) is 11.6 Å². The van der Waals surface area contributed by atoms with Crippen LogP contribution in [0.4, 0.5) is 13.2 Å². The predicted molar refractivity (Wildman–Crippen MR) is 155 cm³/mol. The van der Waals surface area contributed by atoms with Crippen LogP contribution in [0.15, 0.2) is 76.4 Å². The van der Waals surface area contributed by atoms with Gasteiger partial charge in [0, 0.05) is 39.4 Å². The molecule has 3 N–H and O–H groups in total. The molecule has 0 radical (unpaired) electrons. The number of aromatic amines is 1. The number of likely N-dealkylation sites (N-methyl/N-ethyl adjacent to an activating group) is 1. The molecule has 4 rings (SSSR count). The van der Waals surface area contributed by atoms with Crippen LogP contribution < -0.4 is 5.56 Å². The summed E-state index contributed by atoms with van der Waals surface area (Å²) < 4.78 is 40.7. The van der Waals surface area contributed by atoms with Crippen LogP contribution in [-0.2, 0) is 12.6 Å². The van der Waals surface area contributed by atoms with Crippen LogP contribution in [0.3, 0.4) is 0 Å². The summed E-state index contributed by atoms with van der Waals surface area (Å²) in [5, 5.41) is 21.6. The molecular formula is C30H30ClF3N2O3S. The van der Waals surface area contributed by atoms with E-state index >= 15 is 0 Å². The number of alkyl halides is 3. The van der Waals surface area contributed by atoms with Gasteiger partial charge in [0.2, 0.25) is 0 Å². The minimum absolute atomic E-state index is 0.100. The average molecular weight is 591 g/mol. The molecule has 1 heterocycles. The van der Waals surface area contributed by atoms with Gasteiger partial charge < -0.3 is 20.1 Å². The number of nitrogens with one attached hydrogen (secondary N) is 1. The molecule has 212 valence electrons. The molecule has 0 amide bonds. The first-order valence-corrected chi connectivity index (χ1v) is 14.2. The van der Waals surface area contributed by atoms with Crippen LogP contribution in [0.25, 0.3) is 22.0 Å². The Morgan fingerprint density at radius 3 is 2.52 bits per heavy atom. The zero-order valence-corrected chi connectivity index (χ0v) is 23.4. The number of phenolic OH excluding ortho intramolecular Hbond substituents is 1. The molecule has 0 saturated carbocycles. The van der Waals surface area contributed by atoms with Crippen LogP contribution in [0.5, 0.6) is 5.75 Å². The summed E-state index contributed by atoms with van der Waals surface area (Å²) in [5.74, 6) is -0.0788. The van der Waals surface area contributed by atoms with Gasteiger partial charge in [-0.1, -0.05) is 41.9 Å². The lowest BCUT2D eigenvalue weighted by Crippen LogP contribution is -2.24. The van der Waals surface area contributed by atoms with Crippen LogP contribution in [0.1, 0.15) is 24.0 Å². The highest BCUT2D eigenvalue weighted by atomic mass is 35.5. The van der Waals surface area contributed by atoms with Crippen molar-refractivity contribution in [3.63, 3.8) is 0 Å². The number of aromatic hydroxyl groups is 1. The number of phenols is 1. The third-order valence-corrected chi connectivity index (χ3v) is 8.11. The highest BCUT2D eigenvalue weighted by molar-refractivity contribution is 7.99. The number of H-pyrrole nitrogens is 1. The minimum atomic E-state index is -4.60. The van der Waals surface area contributed by atoms with Gasteiger partial charge >= 0.3 is 6.18 Å². The van der Waals surface area contributed by atoms with Gasteiger partial charge in [-0.2, -0.15) is 13.2 Å². The Bertz CT molecular complexity index is 1510. The summed E-state index contributed by atoms with van der Waals surface area (Å²) in [6, 6.07) is 17.4. The van der Waals surface area contributed by atoms with Crippen molar-refractivity contribution in [1.29, 1.82) is 0 Å². The number of pyridine rings is 1. The average Bonchev–Trinajstić information content (AvgIpc) is 2.91. The topological polar surface area (TPSA) is 76.6 Å². The number of nitrogens with zero attached hydrogens (tertiary/aromatic N) is 1. The van der Waals surface area contributed by atoms with Crippen LogP contribution in [-0.4, -0.2) is 52.1 Å². The second-order valence-electron chi connectivity index (χ2n) is 9.72. The second kappa shape index (κ2) is 13.1. The van der Waals surface area contributed by atoms with Crippen molar-refractivity contribution < 1.29 is 23.4 Å². The summed E-state index contributed by atoms with van der Waals surface area (Å²) in [7, 11) is 2.03. The Balaban J connectivity index is 1.52. The van der Waals surface area contributed by atoms with Gasteiger partial charge in [-0.05, 0) is 74.8 Å². The van der Waals surface area contributed by atoms with Gasteiger partial charge in [-0.25, -0.2) is 0 Å². The van der Waals surface area contributed by atoms with E-state index in [1.54, 1.807) is 0 Å². The van der Waals surface area contributed by atoms with Gasteiger partial charge in [-0.15, -0.1) is 11.8 Å². The van der Waals surface area contributed by atoms with Gasteiger partial charge in [0.25, 0.3) is 5.56 Å². The Hall–Kier alpha value is -2.98. The van der Waals surface area contributed by atoms with Gasteiger partial charge in [0.15, 0.2) is 0 Å². The van der Waals surface area contributed by atoms with E-state index in [0.717, 1.165) is 49.8 Å². The smallest absolute Gasteiger partial charge is 0.416 e. The van der Waals surface area contributed by atoms with Gasteiger partial charge in [0.05, 0.1) is 16.6 Å². The summed E-state index contributed by atoms with van der Waals surface area (Å²) in [6.07, 6.45) is -3.20. The summed E-state index contributed by atoms with van der Waals surface area (Å²) in [6.45, 7) is 1.67. The first-order valence-electron chi connectivity index (χ1n) is 12.8. The van der Waals surface area contributed by atoms with Crippen molar-refractivity contribution in [1.82, 2.24) is 9.88 Å². The maximum absolute atomic E-state index is 13.6. The van der Waals surface area contributed by atoms with E-state index in [0.29, 0.717) is 6.42 Å². The molecule has 0 bridgehead atoms. The zero-order chi connectivity index (χ0) is 28.9. The van der Waals surface area contributed by atoms with Crippen LogP contribution >= 0.6 is 23.4 Å². The van der Waals surface area contributed by atoms with E-state index in [9.17, 15) is 28.2 Å². The third-order valence-electron chi connectivity index (χ3n) is 6.65. The van der Waals surface area contributed by atoms with Gasteiger partial charge in [-0.3, -0.25) is 4.79 Å². The number of halogens is 4. The minimum Gasteiger partial charge on any atom is -0.507 e. The highest BCUT2D eigenvalue weighted by Crippen LogP contribution is 2.42. The summed E-state index contributed by atoms with van der Waals surface area (Å²) >= 11 is 7.20. The molecule has 1 unspecified atom stereocenters. The van der Waals surface area contributed by atoms with Crippen molar-refractivity contribution in [2.24, 2.45) is 0 Å². The molecule has 0 aliphatic carbocycles. The fraction of sp³-hybridized carbons (Fsp3) is 0.300. The molecule has 40 heavy (non-hydrogen) atoms. The molecule has 0 saturated heterocycles. The number of rotatable bonds is 11. The van der Waals surface area contributed by atoms with Crippen molar-refractivity contribution in [2.75, 3.05) is 25.9 Å². The lowest BCUT2D eigenvalue weighted by atomic mass is 9.98. The number of hydrogen-bond acceptors (Lipinski definition) is 5. The quantitative estimate of drug-likeness (QED) is 0.164. The van der Waals surface area contributed by atoms with Crippen molar-refractivity contribution in [3.8, 4) is 16.9 Å². The molecule has 10 heteroatoms. The third kappa shape index (κ3) is 7.60. The monoisotopic (exact) mass is 590 g/mol. The number of hydrogen-bond donors (Lipinski definition) is 3. The summed E-state index contributed by atoms with van der Waals surface area (Å²) in [5.41, 5.74) is 0.315. The highest BCUT2D eigenvalue weighted by Gasteiger charge is 2.31. The number of thioether (sulfide) groups is 1. The Kier molecular flexibility index (Phi) is 9.84. The molecule has 4 aromatic rings. The van der Waals surface area contributed by atoms with Crippen molar-refractivity contribution in [2.45, 2.75) is 36.4 Å². The van der Waals surface area contributed by atoms with E-state index < -0.39 is 23.4 Å². The maximum Gasteiger partial charge on any atom is 0.416 e. The van der Waals surface area contributed by atoms with E-state index in [2.05, 4.69) is 22.0 Å². The van der Waals surface area contributed by atoms with E-state index in [-0.39, 0.29) is 43.5 Å². The van der Waals surface area contributed by atoms with Gasteiger partial charge in [0.1, 0.15) is 5.75 Å². The second-order valence-corrected chi connectivity index (χ2v) is 11.2. The molecular weight excluding hydrogens is 561 g/mol. The molecule has 0 aliphatic rings. The molecule has 1 atom stereocenters. The Morgan fingerprint density at radius 1 is 1.05 bits per heavy atom. The Morgan fingerprint density at radius 2 is 1.80 bits per heavy atom. The van der Waals surface area contributed by atoms with Crippen molar-refractivity contribution >= 4 is 34.3 Å². The molecule has 0 aliphatic heterocycles. The lowest BCUT2D eigenvalue weighted by Gasteiger charge is -2.19. The van der Waals surface area contributed by atoms with Crippen LogP contribution in [0.2, 0.25) is 5.02 Å². The molecule has 3 aromatic carbocycles. The summed E-state index contributed by atoms with van der Waals surface area (Å²) in [4.78, 5) is 18.0. The van der Waals surface area contributed by atoms with Crippen molar-refractivity contribution in [3.05, 3.63) is 93.2 Å². The predicted octanol–water partition coefficient (Wildman–Crippen LogP) is 6.98. The zero-order valence-electron chi connectivity index (χ0n) is 21.8. The van der Waals surface area contributed by atoms with E-state index in [1.807, 2.05) is 25.2 Å². The number of aromatic nitrogens is 1. The first kappa shape index (κ1) is 30.0. The normalized spacial score (nSPS) is 12.8. The fourth-order valence-corrected chi connectivity index (χ4v) is 5.75. The number of benzene rings is 3. The largest absolute Gasteiger partial charge is 0.507 e. The molecule has 1 aromatic heterocycles. The molecule has 5 nitrogen and oxygen atoms in total. The number of fused-ring (bicyclic) bond motifs is 1. The number of aliphatic hydroxyl groups is 1. The standard InChI is InChI=1S/C30H30ClF3N2O3S/c1-36(15-13-19-6-3-2-4-7-19)14-5-8-22(37)18-40-28-27(24-17-21(31)10-12-26(24)38)23-16-20(30(32,33)34)9-11-25(23)35-29(28)39/h2-4,6-7,9-12,16-17,22,37-38H,5,8,13-15,18H2,1H3,(H,35,39). The fourth-order valence-electron chi connectivity index (χ4n) is 4.50. The Labute approximate surface area is 239 Å². The molecule has 0 fully saturated rings.